The summed E-state index contributed by atoms with van der Waals surface area (Å²) in [7, 11) is 0. The van der Waals surface area contributed by atoms with Crippen LogP contribution in [0, 0.1) is 5.92 Å². The SMILES string of the molecule is C/C=C\C[C@H](C)C[S@+](N)[O-]. The van der Waals surface area contributed by atoms with Crippen LogP contribution in [0.25, 0.3) is 0 Å². The number of nitrogens with two attached hydrogens (primary N) is 1. The molecule has 0 unspecified atom stereocenters. The van der Waals surface area contributed by atoms with E-state index in [4.69, 9.17) is 5.14 Å². The van der Waals surface area contributed by atoms with Crippen LogP contribution in [0.5, 0.6) is 0 Å². The van der Waals surface area contributed by atoms with E-state index in [0.29, 0.717) is 11.7 Å². The molecule has 0 rings (SSSR count). The Morgan fingerprint density at radius 1 is 1.70 bits per heavy atom. The molecule has 2 N–H and O–H groups in total. The standard InChI is InChI=1S/C7H15NOS/c1-3-4-5-7(2)6-10(8)9/h3-4,7H,5-6,8H2,1-2H3/b4-3-/t7-,10+/m0/s1. The van der Waals surface area contributed by atoms with Crippen LogP contribution in [0.4, 0.5) is 0 Å². The summed E-state index contributed by atoms with van der Waals surface area (Å²) in [4.78, 5) is 0. The summed E-state index contributed by atoms with van der Waals surface area (Å²) in [6, 6.07) is 0. The minimum absolute atomic E-state index is 0.432. The second-order valence-corrected chi connectivity index (χ2v) is 3.55. The predicted molar refractivity (Wildman–Crippen MR) is 45.8 cm³/mol. The molecule has 0 aliphatic carbocycles. The third-order valence-corrected chi connectivity index (χ3v) is 2.12. The Hall–Kier alpha value is 0.01000. The molecule has 0 aromatic rings. The molecule has 0 aliphatic rings. The van der Waals surface area contributed by atoms with Gasteiger partial charge in [-0.05, 0) is 13.3 Å². The Morgan fingerprint density at radius 3 is 2.70 bits per heavy atom. The van der Waals surface area contributed by atoms with E-state index in [1.54, 1.807) is 0 Å². The van der Waals surface area contributed by atoms with Crippen LogP contribution in [0.3, 0.4) is 0 Å². The van der Waals surface area contributed by atoms with Gasteiger partial charge in [-0.15, -0.1) is 0 Å². The Labute approximate surface area is 65.8 Å². The van der Waals surface area contributed by atoms with Crippen molar-refractivity contribution >= 4 is 11.4 Å². The highest BCUT2D eigenvalue weighted by atomic mass is 32.2. The highest BCUT2D eigenvalue weighted by Crippen LogP contribution is 2.04. The fourth-order valence-corrected chi connectivity index (χ4v) is 1.41. The summed E-state index contributed by atoms with van der Waals surface area (Å²) in [6.07, 6.45) is 5.03. The molecule has 0 radical (unpaired) electrons. The van der Waals surface area contributed by atoms with Crippen LogP contribution in [0.15, 0.2) is 12.2 Å². The number of hydrogen-bond donors (Lipinski definition) is 1. The Kier molecular flexibility index (Phi) is 5.78. The van der Waals surface area contributed by atoms with E-state index in [1.165, 1.54) is 0 Å². The Morgan fingerprint density at radius 2 is 2.30 bits per heavy atom. The molecule has 0 saturated carbocycles. The van der Waals surface area contributed by atoms with Crippen molar-refractivity contribution in [2.75, 3.05) is 5.75 Å². The third kappa shape index (κ3) is 6.13. The zero-order valence-corrected chi connectivity index (χ0v) is 7.36. The lowest BCUT2D eigenvalue weighted by molar-refractivity contribution is 0.573. The number of rotatable bonds is 4. The smallest absolute Gasteiger partial charge is 0.128 e. The van der Waals surface area contributed by atoms with E-state index < -0.39 is 11.4 Å². The first-order valence-electron chi connectivity index (χ1n) is 3.40. The summed E-state index contributed by atoms with van der Waals surface area (Å²) >= 11 is -1.13. The molecule has 3 heteroatoms. The van der Waals surface area contributed by atoms with Gasteiger partial charge in [-0.1, -0.05) is 19.1 Å². The second kappa shape index (κ2) is 5.77. The second-order valence-electron chi connectivity index (χ2n) is 2.46. The summed E-state index contributed by atoms with van der Waals surface area (Å²) in [6.45, 7) is 4.02. The zero-order valence-electron chi connectivity index (χ0n) is 6.54. The lowest BCUT2D eigenvalue weighted by Gasteiger charge is -2.08. The molecule has 0 aromatic heterocycles. The molecule has 0 bridgehead atoms. The molecule has 0 heterocycles. The van der Waals surface area contributed by atoms with Crippen LogP contribution in [0.1, 0.15) is 20.3 Å². The highest BCUT2D eigenvalue weighted by Gasteiger charge is 2.06. The average molecular weight is 161 g/mol. The molecule has 2 nitrogen and oxygen atoms in total. The van der Waals surface area contributed by atoms with Crippen LogP contribution < -0.4 is 5.14 Å². The minimum atomic E-state index is -1.13. The van der Waals surface area contributed by atoms with Crippen molar-refractivity contribution in [2.24, 2.45) is 11.1 Å². The van der Waals surface area contributed by atoms with Gasteiger partial charge in [-0.3, -0.25) is 0 Å². The van der Waals surface area contributed by atoms with Crippen molar-refractivity contribution in [3.05, 3.63) is 12.2 Å². The molecule has 0 fully saturated rings. The lowest BCUT2D eigenvalue weighted by atomic mass is 10.1. The zero-order chi connectivity index (χ0) is 7.98. The van der Waals surface area contributed by atoms with Gasteiger partial charge in [0, 0.05) is 17.3 Å². The van der Waals surface area contributed by atoms with Gasteiger partial charge >= 0.3 is 0 Å². The minimum Gasteiger partial charge on any atom is -0.598 e. The Balaban J connectivity index is 3.33. The first-order chi connectivity index (χ1) is 4.66. The van der Waals surface area contributed by atoms with E-state index in [1.807, 2.05) is 19.9 Å². The van der Waals surface area contributed by atoms with Crippen molar-refractivity contribution in [2.45, 2.75) is 20.3 Å². The molecule has 0 amide bonds. The largest absolute Gasteiger partial charge is 0.598 e. The molecule has 0 saturated heterocycles. The summed E-state index contributed by atoms with van der Waals surface area (Å²) in [5.74, 6) is 1.03. The van der Waals surface area contributed by atoms with Gasteiger partial charge in [0.1, 0.15) is 5.75 Å². The Bertz CT molecular complexity index is 104. The fraction of sp³-hybridized carbons (Fsp3) is 0.714. The van der Waals surface area contributed by atoms with Gasteiger partial charge in [-0.2, -0.15) is 5.14 Å². The normalized spacial score (nSPS) is 17.6. The molecule has 10 heavy (non-hydrogen) atoms. The quantitative estimate of drug-likeness (QED) is 0.497. The molecule has 60 valence electrons. The van der Waals surface area contributed by atoms with Gasteiger partial charge in [0.15, 0.2) is 0 Å². The first-order valence-corrected chi connectivity index (χ1v) is 4.79. The van der Waals surface area contributed by atoms with Crippen LogP contribution in [0.2, 0.25) is 0 Å². The summed E-state index contributed by atoms with van der Waals surface area (Å²) in [5.41, 5.74) is 0. The maximum atomic E-state index is 10.5. The van der Waals surface area contributed by atoms with Crippen molar-refractivity contribution in [3.63, 3.8) is 0 Å². The first kappa shape index (κ1) is 10.0. The third-order valence-electron chi connectivity index (χ3n) is 1.22. The molecule has 0 spiro atoms. The van der Waals surface area contributed by atoms with Crippen LogP contribution in [-0.2, 0) is 11.4 Å². The van der Waals surface area contributed by atoms with Crippen molar-refractivity contribution in [1.29, 1.82) is 0 Å². The van der Waals surface area contributed by atoms with Gasteiger partial charge in [0.05, 0.1) is 0 Å². The van der Waals surface area contributed by atoms with Crippen LogP contribution in [-0.4, -0.2) is 10.3 Å². The van der Waals surface area contributed by atoms with E-state index in [-0.39, 0.29) is 0 Å². The average Bonchev–Trinajstić information content (AvgIpc) is 1.82. The molecular weight excluding hydrogens is 146 g/mol. The van der Waals surface area contributed by atoms with Crippen molar-refractivity contribution < 1.29 is 4.55 Å². The van der Waals surface area contributed by atoms with Gasteiger partial charge < -0.3 is 4.55 Å². The maximum absolute atomic E-state index is 10.5. The molecular formula is C7H15NOS. The number of hydrogen-bond acceptors (Lipinski definition) is 2. The van der Waals surface area contributed by atoms with Gasteiger partial charge in [0.2, 0.25) is 0 Å². The highest BCUT2D eigenvalue weighted by molar-refractivity contribution is 7.89. The van der Waals surface area contributed by atoms with Crippen LogP contribution >= 0.6 is 0 Å². The van der Waals surface area contributed by atoms with E-state index >= 15 is 0 Å². The predicted octanol–water partition coefficient (Wildman–Crippen LogP) is 1.21. The monoisotopic (exact) mass is 161 g/mol. The number of allylic oxidation sites excluding steroid dienone is 2. The van der Waals surface area contributed by atoms with E-state index in [2.05, 4.69) is 6.08 Å². The lowest BCUT2D eigenvalue weighted by Crippen LogP contribution is -2.21. The van der Waals surface area contributed by atoms with E-state index in [9.17, 15) is 4.55 Å². The molecule has 2 atom stereocenters. The summed E-state index contributed by atoms with van der Waals surface area (Å²) in [5, 5.41) is 5.11. The summed E-state index contributed by atoms with van der Waals surface area (Å²) < 4.78 is 10.5. The molecule has 0 aliphatic heterocycles. The maximum Gasteiger partial charge on any atom is 0.128 e. The van der Waals surface area contributed by atoms with Gasteiger partial charge in [-0.25, -0.2) is 0 Å². The topological polar surface area (TPSA) is 49.1 Å². The van der Waals surface area contributed by atoms with E-state index in [0.717, 1.165) is 6.42 Å². The fourth-order valence-electron chi connectivity index (χ4n) is 0.717. The van der Waals surface area contributed by atoms with Gasteiger partial charge in [0.25, 0.3) is 0 Å². The molecule has 0 aromatic carbocycles. The van der Waals surface area contributed by atoms with Crippen molar-refractivity contribution in [3.8, 4) is 0 Å². The van der Waals surface area contributed by atoms with Crippen molar-refractivity contribution in [1.82, 2.24) is 0 Å².